The molecule has 2 aromatic heterocycles. The summed E-state index contributed by atoms with van der Waals surface area (Å²) in [7, 11) is -3.58. The molecule has 0 radical (unpaired) electrons. The van der Waals surface area contributed by atoms with Crippen molar-refractivity contribution in [3.63, 3.8) is 0 Å². The van der Waals surface area contributed by atoms with Crippen LogP contribution in [0.15, 0.2) is 41.6 Å². The van der Waals surface area contributed by atoms with Crippen LogP contribution in [-0.4, -0.2) is 17.8 Å². The number of hydrogen-bond donors (Lipinski definition) is 1. The number of sulfonamides is 1. The topological polar surface area (TPSA) is 63.5 Å². The average molecular weight is 343 g/mol. The number of pyridine rings is 1. The maximum atomic E-state index is 12.6. The van der Waals surface area contributed by atoms with Gasteiger partial charge in [0.1, 0.15) is 5.65 Å². The van der Waals surface area contributed by atoms with Crippen molar-refractivity contribution in [2.24, 2.45) is 0 Å². The van der Waals surface area contributed by atoms with Gasteiger partial charge in [0.15, 0.2) is 0 Å². The lowest BCUT2D eigenvalue weighted by atomic mass is 10.1. The van der Waals surface area contributed by atoms with Gasteiger partial charge in [-0.05, 0) is 62.1 Å². The van der Waals surface area contributed by atoms with E-state index in [4.69, 9.17) is 0 Å². The predicted molar refractivity (Wildman–Crippen MR) is 94.6 cm³/mol. The van der Waals surface area contributed by atoms with Crippen LogP contribution in [0.25, 0.3) is 5.65 Å². The molecule has 2 heterocycles. The SMILES string of the molecule is Cc1cc(C)c(S(=O)(=O)NCc2cn3cccc(C)c3n2)cc1C. The molecule has 0 bridgehead atoms. The largest absolute Gasteiger partial charge is 0.307 e. The number of imidazole rings is 1. The summed E-state index contributed by atoms with van der Waals surface area (Å²) >= 11 is 0. The monoisotopic (exact) mass is 343 g/mol. The van der Waals surface area contributed by atoms with Crippen LogP contribution >= 0.6 is 0 Å². The smallest absolute Gasteiger partial charge is 0.241 e. The van der Waals surface area contributed by atoms with Gasteiger partial charge in [-0.2, -0.15) is 0 Å². The number of rotatable bonds is 4. The molecule has 24 heavy (non-hydrogen) atoms. The summed E-state index contributed by atoms with van der Waals surface area (Å²) in [5.41, 5.74) is 5.38. The van der Waals surface area contributed by atoms with Crippen molar-refractivity contribution in [2.75, 3.05) is 0 Å². The van der Waals surface area contributed by atoms with Gasteiger partial charge in [0.25, 0.3) is 0 Å². The van der Waals surface area contributed by atoms with Gasteiger partial charge in [-0.15, -0.1) is 0 Å². The van der Waals surface area contributed by atoms with E-state index in [1.165, 1.54) is 0 Å². The fourth-order valence-corrected chi connectivity index (χ4v) is 4.07. The number of aromatic nitrogens is 2. The van der Waals surface area contributed by atoms with Crippen LogP contribution < -0.4 is 4.72 Å². The highest BCUT2D eigenvalue weighted by atomic mass is 32.2. The van der Waals surface area contributed by atoms with E-state index in [0.29, 0.717) is 10.6 Å². The van der Waals surface area contributed by atoms with Gasteiger partial charge in [-0.1, -0.05) is 12.1 Å². The molecule has 0 amide bonds. The fraction of sp³-hybridized carbons (Fsp3) is 0.278. The van der Waals surface area contributed by atoms with Crippen molar-refractivity contribution in [3.05, 3.63) is 64.6 Å². The second-order valence-electron chi connectivity index (χ2n) is 6.18. The normalized spacial score (nSPS) is 12.0. The number of aryl methyl sites for hydroxylation is 4. The van der Waals surface area contributed by atoms with Crippen molar-refractivity contribution in [2.45, 2.75) is 39.1 Å². The van der Waals surface area contributed by atoms with E-state index in [0.717, 1.165) is 27.9 Å². The Morgan fingerprint density at radius 3 is 2.46 bits per heavy atom. The van der Waals surface area contributed by atoms with Crippen LogP contribution in [0.5, 0.6) is 0 Å². The molecule has 0 aliphatic rings. The van der Waals surface area contributed by atoms with Crippen LogP contribution in [0, 0.1) is 27.7 Å². The quantitative estimate of drug-likeness (QED) is 0.792. The standard InChI is InChI=1S/C18H21N3O2S/c1-12-6-5-7-21-11-16(20-18(12)21)10-19-24(22,23)17-9-14(3)13(2)8-15(17)4/h5-9,11,19H,10H2,1-4H3. The first kappa shape index (κ1) is 16.7. The Labute approximate surface area is 142 Å². The second kappa shape index (κ2) is 6.03. The van der Waals surface area contributed by atoms with E-state index in [9.17, 15) is 8.42 Å². The lowest BCUT2D eigenvalue weighted by molar-refractivity contribution is 0.580. The number of fused-ring (bicyclic) bond motifs is 1. The molecule has 0 unspecified atom stereocenters. The first-order valence-electron chi connectivity index (χ1n) is 7.78. The molecular formula is C18H21N3O2S. The van der Waals surface area contributed by atoms with Crippen molar-refractivity contribution >= 4 is 15.7 Å². The van der Waals surface area contributed by atoms with Crippen molar-refractivity contribution in [1.82, 2.24) is 14.1 Å². The van der Waals surface area contributed by atoms with Crippen molar-refractivity contribution < 1.29 is 8.42 Å². The Balaban J connectivity index is 1.87. The Bertz CT molecular complexity index is 1020. The molecule has 0 aliphatic carbocycles. The summed E-state index contributed by atoms with van der Waals surface area (Å²) in [4.78, 5) is 4.82. The van der Waals surface area contributed by atoms with E-state index in [2.05, 4.69) is 9.71 Å². The molecule has 0 fully saturated rings. The number of benzene rings is 1. The maximum Gasteiger partial charge on any atom is 0.241 e. The second-order valence-corrected chi connectivity index (χ2v) is 7.92. The molecule has 0 spiro atoms. The molecule has 3 aromatic rings. The first-order chi connectivity index (χ1) is 11.3. The first-order valence-corrected chi connectivity index (χ1v) is 9.27. The molecule has 6 heteroatoms. The zero-order valence-electron chi connectivity index (χ0n) is 14.3. The molecule has 0 atom stereocenters. The number of hydrogen-bond acceptors (Lipinski definition) is 3. The third-order valence-corrected chi connectivity index (χ3v) is 5.80. The summed E-state index contributed by atoms with van der Waals surface area (Å²) in [5.74, 6) is 0. The third kappa shape index (κ3) is 3.07. The minimum atomic E-state index is -3.58. The third-order valence-electron chi connectivity index (χ3n) is 4.25. The van der Waals surface area contributed by atoms with Gasteiger partial charge >= 0.3 is 0 Å². The van der Waals surface area contributed by atoms with E-state index in [-0.39, 0.29) is 6.54 Å². The minimum absolute atomic E-state index is 0.163. The highest BCUT2D eigenvalue weighted by Gasteiger charge is 2.18. The minimum Gasteiger partial charge on any atom is -0.307 e. The lowest BCUT2D eigenvalue weighted by Gasteiger charge is -2.11. The van der Waals surface area contributed by atoms with Gasteiger partial charge in [0.05, 0.1) is 17.1 Å². The summed E-state index contributed by atoms with van der Waals surface area (Å²) in [6.45, 7) is 7.85. The molecule has 0 aliphatic heterocycles. The average Bonchev–Trinajstić information content (AvgIpc) is 2.93. The Morgan fingerprint density at radius 1 is 1.04 bits per heavy atom. The highest BCUT2D eigenvalue weighted by Crippen LogP contribution is 2.20. The molecule has 126 valence electrons. The van der Waals surface area contributed by atoms with Gasteiger partial charge < -0.3 is 4.40 Å². The van der Waals surface area contributed by atoms with Crippen LogP contribution in [0.4, 0.5) is 0 Å². The van der Waals surface area contributed by atoms with Crippen molar-refractivity contribution in [1.29, 1.82) is 0 Å². The van der Waals surface area contributed by atoms with Crippen LogP contribution in [0.2, 0.25) is 0 Å². The van der Waals surface area contributed by atoms with Crippen LogP contribution in [0.1, 0.15) is 27.9 Å². The molecule has 0 saturated carbocycles. The molecule has 5 nitrogen and oxygen atoms in total. The van der Waals surface area contributed by atoms with E-state index in [1.54, 1.807) is 6.07 Å². The summed E-state index contributed by atoms with van der Waals surface area (Å²) in [5, 5.41) is 0. The number of nitrogens with one attached hydrogen (secondary N) is 1. The molecular weight excluding hydrogens is 322 g/mol. The van der Waals surface area contributed by atoms with E-state index >= 15 is 0 Å². The Hall–Kier alpha value is -2.18. The van der Waals surface area contributed by atoms with Crippen molar-refractivity contribution in [3.8, 4) is 0 Å². The molecule has 3 rings (SSSR count). The van der Waals surface area contributed by atoms with Gasteiger partial charge in [0.2, 0.25) is 10.0 Å². The fourth-order valence-electron chi connectivity index (χ4n) is 2.76. The van der Waals surface area contributed by atoms with E-state index < -0.39 is 10.0 Å². The van der Waals surface area contributed by atoms with Crippen LogP contribution in [0.3, 0.4) is 0 Å². The summed E-state index contributed by atoms with van der Waals surface area (Å²) in [6.07, 6.45) is 3.75. The molecule has 1 aromatic carbocycles. The van der Waals surface area contributed by atoms with Gasteiger partial charge in [-0.3, -0.25) is 0 Å². The van der Waals surface area contributed by atoms with Gasteiger partial charge in [0, 0.05) is 12.4 Å². The lowest BCUT2D eigenvalue weighted by Crippen LogP contribution is -2.24. The highest BCUT2D eigenvalue weighted by molar-refractivity contribution is 7.89. The Morgan fingerprint density at radius 2 is 1.75 bits per heavy atom. The number of nitrogens with zero attached hydrogens (tertiary/aromatic N) is 2. The summed E-state index contributed by atoms with van der Waals surface area (Å²) in [6, 6.07) is 7.55. The summed E-state index contributed by atoms with van der Waals surface area (Å²) < 4.78 is 29.8. The molecule has 1 N–H and O–H groups in total. The zero-order chi connectivity index (χ0) is 17.5. The van der Waals surface area contributed by atoms with Gasteiger partial charge in [-0.25, -0.2) is 18.1 Å². The predicted octanol–water partition coefficient (Wildman–Crippen LogP) is 3.05. The molecule has 0 saturated heterocycles. The maximum absolute atomic E-state index is 12.6. The van der Waals surface area contributed by atoms with Crippen LogP contribution in [-0.2, 0) is 16.6 Å². The van der Waals surface area contributed by atoms with E-state index in [1.807, 2.05) is 62.7 Å². The zero-order valence-corrected chi connectivity index (χ0v) is 15.1. The Kier molecular flexibility index (Phi) is 4.19.